The van der Waals surface area contributed by atoms with Gasteiger partial charge in [0.05, 0.1) is 28.4 Å². The zero-order valence-corrected chi connectivity index (χ0v) is 21.4. The molecule has 4 aromatic rings. The van der Waals surface area contributed by atoms with Gasteiger partial charge >= 0.3 is 5.91 Å². The number of nitrogens with zero attached hydrogens (tertiary/aromatic N) is 2. The van der Waals surface area contributed by atoms with Crippen molar-refractivity contribution >= 4 is 55.7 Å². The van der Waals surface area contributed by atoms with Gasteiger partial charge < -0.3 is 9.84 Å². The van der Waals surface area contributed by atoms with Gasteiger partial charge in [-0.1, -0.05) is 60.5 Å². The minimum atomic E-state index is -0.965. The highest BCUT2D eigenvalue weighted by Gasteiger charge is 2.48. The van der Waals surface area contributed by atoms with Crippen LogP contribution in [0.1, 0.15) is 36.9 Å². The fourth-order valence-corrected chi connectivity index (χ4v) is 5.35. The Kier molecular flexibility index (Phi) is 6.95. The largest absolute Gasteiger partial charge is 0.507 e. The van der Waals surface area contributed by atoms with Crippen molar-refractivity contribution in [2.45, 2.75) is 25.8 Å². The summed E-state index contributed by atoms with van der Waals surface area (Å²) in [4.78, 5) is 32.5. The lowest BCUT2D eigenvalue weighted by Gasteiger charge is -2.23. The maximum atomic E-state index is 13.8. The molecule has 0 spiro atoms. The van der Waals surface area contributed by atoms with Gasteiger partial charge in [-0.25, -0.2) is 9.37 Å². The van der Waals surface area contributed by atoms with Crippen molar-refractivity contribution in [1.82, 2.24) is 4.98 Å². The monoisotopic (exact) mass is 536 g/mol. The summed E-state index contributed by atoms with van der Waals surface area (Å²) in [5, 5.41) is 12.1. The zero-order chi connectivity index (χ0) is 26.1. The summed E-state index contributed by atoms with van der Waals surface area (Å²) in [6.45, 7) is 2.58. The second-order valence-electron chi connectivity index (χ2n) is 8.56. The molecular weight excluding hydrogens is 515 g/mol. The van der Waals surface area contributed by atoms with Crippen molar-refractivity contribution in [2.24, 2.45) is 0 Å². The Morgan fingerprint density at radius 3 is 2.68 bits per heavy atom. The molecule has 0 aliphatic carbocycles. The predicted octanol–water partition coefficient (Wildman–Crippen LogP) is 6.89. The number of Topliss-reactive ketones (excluding diaryl/α,β-unsaturated/α-hetero) is 1. The van der Waals surface area contributed by atoms with Crippen molar-refractivity contribution < 1.29 is 23.8 Å². The average Bonchev–Trinajstić information content (AvgIpc) is 3.42. The first-order valence-electron chi connectivity index (χ1n) is 11.7. The van der Waals surface area contributed by atoms with Gasteiger partial charge in [0.15, 0.2) is 5.13 Å². The molecule has 0 bridgehead atoms. The second kappa shape index (κ2) is 10.3. The molecule has 1 aliphatic rings. The molecule has 1 atom stereocenters. The van der Waals surface area contributed by atoms with Gasteiger partial charge in [0.25, 0.3) is 5.78 Å². The summed E-state index contributed by atoms with van der Waals surface area (Å²) in [7, 11) is 0. The molecule has 1 fully saturated rings. The molecule has 1 amide bonds. The van der Waals surface area contributed by atoms with Gasteiger partial charge in [0.1, 0.15) is 17.3 Å². The Balaban J connectivity index is 1.64. The summed E-state index contributed by atoms with van der Waals surface area (Å²) in [6, 6.07) is 16.6. The summed E-state index contributed by atoms with van der Waals surface area (Å²) in [5.74, 6) is -1.89. The van der Waals surface area contributed by atoms with Crippen LogP contribution in [0.15, 0.2) is 72.3 Å². The number of ketones is 1. The number of anilines is 1. The normalized spacial score (nSPS) is 17.1. The molecule has 1 aromatic heterocycles. The molecule has 2 heterocycles. The van der Waals surface area contributed by atoms with E-state index in [1.165, 1.54) is 23.1 Å². The first kappa shape index (κ1) is 24.9. The van der Waals surface area contributed by atoms with Crippen molar-refractivity contribution in [3.05, 3.63) is 94.3 Å². The molecule has 0 saturated carbocycles. The minimum absolute atomic E-state index is 0.0801. The van der Waals surface area contributed by atoms with Gasteiger partial charge in [-0.3, -0.25) is 14.5 Å². The third-order valence-electron chi connectivity index (χ3n) is 6.05. The number of fused-ring (bicyclic) bond motifs is 1. The van der Waals surface area contributed by atoms with Crippen LogP contribution in [0.5, 0.6) is 5.75 Å². The second-order valence-corrected chi connectivity index (χ2v) is 10.0. The van der Waals surface area contributed by atoms with E-state index in [4.69, 9.17) is 16.3 Å². The molecule has 9 heteroatoms. The molecule has 1 N–H and O–H groups in total. The number of unbranched alkanes of at least 4 members (excludes halogenated alkanes) is 1. The Morgan fingerprint density at radius 1 is 1.14 bits per heavy atom. The van der Waals surface area contributed by atoms with Crippen LogP contribution < -0.4 is 9.64 Å². The topological polar surface area (TPSA) is 79.7 Å². The van der Waals surface area contributed by atoms with Crippen LogP contribution in [0.4, 0.5) is 9.52 Å². The third kappa shape index (κ3) is 4.82. The highest BCUT2D eigenvalue weighted by Crippen LogP contribution is 2.44. The van der Waals surface area contributed by atoms with Gasteiger partial charge in [0, 0.05) is 10.6 Å². The number of thiazole rings is 1. The Hall–Kier alpha value is -3.75. The van der Waals surface area contributed by atoms with Crippen molar-refractivity contribution in [3.63, 3.8) is 0 Å². The summed E-state index contributed by atoms with van der Waals surface area (Å²) in [6.07, 6.45) is 1.85. The average molecular weight is 537 g/mol. The standard InChI is InChI=1S/C28H22ClFN2O4S/c1-2-3-13-36-20-6-4-5-17(14-20)25(33)23-24(16-7-9-18(29)10-8-16)32(27(35)26(23)34)28-31-21-12-11-19(30)15-22(21)37-28/h4-12,14-15,24,33H,2-3,13H2,1H3. The number of ether oxygens (including phenoxy) is 1. The molecule has 6 nitrogen and oxygen atoms in total. The number of halogens is 2. The minimum Gasteiger partial charge on any atom is -0.507 e. The number of rotatable bonds is 7. The van der Waals surface area contributed by atoms with Crippen LogP contribution in [0.3, 0.4) is 0 Å². The summed E-state index contributed by atoms with van der Waals surface area (Å²) in [5.41, 5.74) is 1.32. The van der Waals surface area contributed by atoms with E-state index in [1.807, 2.05) is 0 Å². The lowest BCUT2D eigenvalue weighted by Crippen LogP contribution is -2.29. The van der Waals surface area contributed by atoms with E-state index in [0.29, 0.717) is 38.7 Å². The number of benzene rings is 3. The number of aliphatic hydroxyl groups excluding tert-OH is 1. The van der Waals surface area contributed by atoms with Crippen LogP contribution in [-0.2, 0) is 9.59 Å². The zero-order valence-electron chi connectivity index (χ0n) is 19.8. The van der Waals surface area contributed by atoms with Gasteiger partial charge in [-0.2, -0.15) is 0 Å². The first-order chi connectivity index (χ1) is 17.9. The lowest BCUT2D eigenvalue weighted by molar-refractivity contribution is -0.132. The number of hydrogen-bond acceptors (Lipinski definition) is 6. The Morgan fingerprint density at radius 2 is 1.92 bits per heavy atom. The molecule has 0 radical (unpaired) electrons. The molecule has 3 aromatic carbocycles. The van der Waals surface area contributed by atoms with Crippen LogP contribution in [0.2, 0.25) is 5.02 Å². The molecule has 188 valence electrons. The Labute approximate surface area is 221 Å². The molecule has 1 unspecified atom stereocenters. The van der Waals surface area contributed by atoms with Crippen LogP contribution in [-0.4, -0.2) is 28.4 Å². The van der Waals surface area contributed by atoms with Crippen molar-refractivity contribution in [3.8, 4) is 5.75 Å². The van der Waals surface area contributed by atoms with E-state index in [9.17, 15) is 19.1 Å². The number of carbonyl (C=O) groups is 2. The van der Waals surface area contributed by atoms with Crippen molar-refractivity contribution in [1.29, 1.82) is 0 Å². The smallest absolute Gasteiger partial charge is 0.301 e. The molecule has 5 rings (SSSR count). The highest BCUT2D eigenvalue weighted by molar-refractivity contribution is 7.22. The first-order valence-corrected chi connectivity index (χ1v) is 12.9. The maximum Gasteiger partial charge on any atom is 0.301 e. The van der Waals surface area contributed by atoms with Crippen LogP contribution in [0, 0.1) is 5.82 Å². The van der Waals surface area contributed by atoms with Gasteiger partial charge in [-0.15, -0.1) is 0 Å². The SMILES string of the molecule is CCCCOc1cccc(C(O)=C2C(=O)C(=O)N(c3nc4ccc(F)cc4s3)C2c2ccc(Cl)cc2)c1. The van der Waals surface area contributed by atoms with E-state index >= 15 is 0 Å². The van der Waals surface area contributed by atoms with Crippen LogP contribution >= 0.6 is 22.9 Å². The van der Waals surface area contributed by atoms with E-state index in [-0.39, 0.29) is 16.5 Å². The van der Waals surface area contributed by atoms with Crippen molar-refractivity contribution in [2.75, 3.05) is 11.5 Å². The molecule has 1 saturated heterocycles. The van der Waals surface area contributed by atoms with E-state index in [1.54, 1.807) is 48.5 Å². The lowest BCUT2D eigenvalue weighted by atomic mass is 9.95. The van der Waals surface area contributed by atoms with Crippen LogP contribution in [0.25, 0.3) is 16.0 Å². The van der Waals surface area contributed by atoms with Gasteiger partial charge in [-0.05, 0) is 54.4 Å². The molecule has 37 heavy (non-hydrogen) atoms. The number of amides is 1. The predicted molar refractivity (Wildman–Crippen MR) is 143 cm³/mol. The van der Waals surface area contributed by atoms with E-state index in [0.717, 1.165) is 24.2 Å². The maximum absolute atomic E-state index is 13.8. The number of aromatic nitrogens is 1. The fourth-order valence-electron chi connectivity index (χ4n) is 4.20. The number of carbonyl (C=O) groups excluding carboxylic acids is 2. The van der Waals surface area contributed by atoms with E-state index in [2.05, 4.69) is 11.9 Å². The molecule has 1 aliphatic heterocycles. The quantitative estimate of drug-likeness (QED) is 0.120. The fraction of sp³-hybridized carbons (Fsp3) is 0.179. The number of aliphatic hydroxyl groups is 1. The van der Waals surface area contributed by atoms with E-state index < -0.39 is 23.5 Å². The highest BCUT2D eigenvalue weighted by atomic mass is 35.5. The summed E-state index contributed by atoms with van der Waals surface area (Å²) < 4.78 is 20.1. The molecular formula is C28H22ClFN2O4S. The number of hydrogen-bond donors (Lipinski definition) is 1. The third-order valence-corrected chi connectivity index (χ3v) is 7.32. The Bertz CT molecular complexity index is 1530. The summed E-state index contributed by atoms with van der Waals surface area (Å²) >= 11 is 7.18. The van der Waals surface area contributed by atoms with Gasteiger partial charge in [0.2, 0.25) is 0 Å².